The highest BCUT2D eigenvalue weighted by Gasteiger charge is 2.17. The van der Waals surface area contributed by atoms with Gasteiger partial charge in [0.15, 0.2) is 0 Å². The molecule has 1 rings (SSSR count). The Morgan fingerprint density at radius 3 is 2.25 bits per heavy atom. The summed E-state index contributed by atoms with van der Waals surface area (Å²) in [7, 11) is -3.42. The average molecular weight is 298 g/mol. The van der Waals surface area contributed by atoms with Crippen LogP contribution in [0.4, 0.5) is 0 Å². The van der Waals surface area contributed by atoms with Crippen LogP contribution in [-0.4, -0.2) is 39.0 Å². The summed E-state index contributed by atoms with van der Waals surface area (Å²) in [4.78, 5) is 2.57. The van der Waals surface area contributed by atoms with E-state index in [2.05, 4.69) is 23.5 Å². The van der Waals surface area contributed by atoms with Crippen molar-refractivity contribution in [3.8, 4) is 0 Å². The molecule has 1 N–H and O–H groups in total. The zero-order valence-electron chi connectivity index (χ0n) is 13.1. The number of likely N-dealkylation sites (N-methyl/N-ethyl adjacent to an activating group) is 1. The van der Waals surface area contributed by atoms with E-state index >= 15 is 0 Å². The second-order valence-electron chi connectivity index (χ2n) is 5.17. The Bertz CT molecular complexity index is 537. The maximum atomic E-state index is 12.3. The zero-order valence-corrected chi connectivity index (χ0v) is 13.9. The van der Waals surface area contributed by atoms with Crippen LogP contribution in [0.3, 0.4) is 0 Å². The van der Waals surface area contributed by atoms with E-state index in [0.717, 1.165) is 24.2 Å². The van der Waals surface area contributed by atoms with Crippen molar-refractivity contribution in [3.63, 3.8) is 0 Å². The molecule has 1 atom stereocenters. The molecular formula is C15H26N2O2S. The largest absolute Gasteiger partial charge is 0.300 e. The van der Waals surface area contributed by atoms with Gasteiger partial charge >= 0.3 is 0 Å². The van der Waals surface area contributed by atoms with E-state index in [9.17, 15) is 8.42 Å². The van der Waals surface area contributed by atoms with Gasteiger partial charge in [-0.2, -0.15) is 0 Å². The Kier molecular flexibility index (Phi) is 6.17. The predicted molar refractivity (Wildman–Crippen MR) is 83.5 cm³/mol. The Labute approximate surface area is 123 Å². The first-order chi connectivity index (χ1) is 9.31. The lowest BCUT2D eigenvalue weighted by atomic mass is 10.1. The van der Waals surface area contributed by atoms with Crippen LogP contribution in [0.15, 0.2) is 23.1 Å². The van der Waals surface area contributed by atoms with Crippen molar-refractivity contribution in [2.75, 3.05) is 19.6 Å². The Morgan fingerprint density at radius 1 is 1.15 bits per heavy atom. The molecule has 0 heterocycles. The summed E-state index contributed by atoms with van der Waals surface area (Å²) >= 11 is 0. The number of nitrogens with zero attached hydrogens (tertiary/aromatic N) is 1. The number of nitrogens with one attached hydrogen (secondary N) is 1. The molecule has 0 radical (unpaired) electrons. The van der Waals surface area contributed by atoms with Gasteiger partial charge in [0.25, 0.3) is 0 Å². The Morgan fingerprint density at radius 2 is 1.75 bits per heavy atom. The van der Waals surface area contributed by atoms with Gasteiger partial charge < -0.3 is 0 Å². The maximum absolute atomic E-state index is 12.3. The first-order valence-corrected chi connectivity index (χ1v) is 8.61. The molecule has 0 aromatic heterocycles. The van der Waals surface area contributed by atoms with Gasteiger partial charge in [0.2, 0.25) is 10.0 Å². The average Bonchev–Trinajstić information content (AvgIpc) is 2.41. The quantitative estimate of drug-likeness (QED) is 0.840. The fraction of sp³-hybridized carbons (Fsp3) is 0.600. The molecule has 0 aliphatic carbocycles. The van der Waals surface area contributed by atoms with Crippen LogP contribution >= 0.6 is 0 Å². The lowest BCUT2D eigenvalue weighted by molar-refractivity contribution is 0.232. The lowest BCUT2D eigenvalue weighted by Crippen LogP contribution is -2.41. The number of sulfonamides is 1. The van der Waals surface area contributed by atoms with Crippen molar-refractivity contribution in [2.45, 2.75) is 45.6 Å². The van der Waals surface area contributed by atoms with Crippen LogP contribution in [0.25, 0.3) is 0 Å². The molecule has 0 saturated carbocycles. The highest BCUT2D eigenvalue weighted by atomic mass is 32.2. The standard InChI is InChI=1S/C15H26N2O2S/c1-6-17(7-2)14(5)11-16-20(18,19)15-9-8-12(3)13(4)10-15/h8-10,14,16H,6-7,11H2,1-5H3. The monoisotopic (exact) mass is 298 g/mol. The van der Waals surface area contributed by atoms with Crippen molar-refractivity contribution >= 4 is 10.0 Å². The number of rotatable bonds is 7. The van der Waals surface area contributed by atoms with E-state index in [1.54, 1.807) is 12.1 Å². The van der Waals surface area contributed by atoms with Gasteiger partial charge in [-0.25, -0.2) is 13.1 Å². The second-order valence-corrected chi connectivity index (χ2v) is 6.94. The van der Waals surface area contributed by atoms with E-state index < -0.39 is 10.0 Å². The molecule has 5 heteroatoms. The van der Waals surface area contributed by atoms with E-state index in [0.29, 0.717) is 11.4 Å². The zero-order chi connectivity index (χ0) is 15.3. The predicted octanol–water partition coefficient (Wildman–Crippen LogP) is 2.31. The third-order valence-electron chi connectivity index (χ3n) is 3.79. The fourth-order valence-electron chi connectivity index (χ4n) is 2.17. The molecule has 0 aliphatic heterocycles. The van der Waals surface area contributed by atoms with E-state index in [1.807, 2.05) is 26.8 Å². The van der Waals surface area contributed by atoms with Crippen molar-refractivity contribution in [3.05, 3.63) is 29.3 Å². The van der Waals surface area contributed by atoms with Gasteiger partial charge in [0.1, 0.15) is 0 Å². The molecule has 1 aromatic rings. The Balaban J connectivity index is 2.77. The topological polar surface area (TPSA) is 49.4 Å². The number of hydrogen-bond acceptors (Lipinski definition) is 3. The summed E-state index contributed by atoms with van der Waals surface area (Å²) in [6.45, 7) is 12.4. The smallest absolute Gasteiger partial charge is 0.240 e. The molecule has 114 valence electrons. The second kappa shape index (κ2) is 7.20. The van der Waals surface area contributed by atoms with Gasteiger partial charge in [-0.3, -0.25) is 4.90 Å². The van der Waals surface area contributed by atoms with Crippen LogP contribution < -0.4 is 4.72 Å². The van der Waals surface area contributed by atoms with E-state index in [1.165, 1.54) is 0 Å². The van der Waals surface area contributed by atoms with Gasteiger partial charge in [-0.1, -0.05) is 19.9 Å². The molecule has 20 heavy (non-hydrogen) atoms. The SMILES string of the molecule is CCN(CC)C(C)CNS(=O)(=O)c1ccc(C)c(C)c1. The lowest BCUT2D eigenvalue weighted by Gasteiger charge is -2.26. The number of benzene rings is 1. The minimum atomic E-state index is -3.42. The highest BCUT2D eigenvalue weighted by molar-refractivity contribution is 7.89. The van der Waals surface area contributed by atoms with Crippen LogP contribution in [0.1, 0.15) is 31.9 Å². The normalized spacial score (nSPS) is 13.7. The molecule has 0 aliphatic rings. The molecule has 0 amide bonds. The van der Waals surface area contributed by atoms with Gasteiger partial charge in [0, 0.05) is 12.6 Å². The highest BCUT2D eigenvalue weighted by Crippen LogP contribution is 2.14. The van der Waals surface area contributed by atoms with E-state index in [4.69, 9.17) is 0 Å². The third kappa shape index (κ3) is 4.30. The van der Waals surface area contributed by atoms with Crippen LogP contribution in [0, 0.1) is 13.8 Å². The van der Waals surface area contributed by atoms with Crippen LogP contribution in [0.5, 0.6) is 0 Å². The molecule has 1 unspecified atom stereocenters. The van der Waals surface area contributed by atoms with Crippen molar-refractivity contribution in [1.82, 2.24) is 9.62 Å². The third-order valence-corrected chi connectivity index (χ3v) is 5.21. The summed E-state index contributed by atoms with van der Waals surface area (Å²) in [6.07, 6.45) is 0. The van der Waals surface area contributed by atoms with Crippen LogP contribution in [0.2, 0.25) is 0 Å². The molecule has 0 fully saturated rings. The van der Waals surface area contributed by atoms with Gasteiger partial charge in [0.05, 0.1) is 4.90 Å². The molecule has 1 aromatic carbocycles. The summed E-state index contributed by atoms with van der Waals surface area (Å²) in [5, 5.41) is 0. The van der Waals surface area contributed by atoms with Crippen molar-refractivity contribution < 1.29 is 8.42 Å². The fourth-order valence-corrected chi connectivity index (χ4v) is 3.38. The molecule has 4 nitrogen and oxygen atoms in total. The van der Waals surface area contributed by atoms with Crippen molar-refractivity contribution in [1.29, 1.82) is 0 Å². The van der Waals surface area contributed by atoms with E-state index in [-0.39, 0.29) is 6.04 Å². The Hall–Kier alpha value is -0.910. The van der Waals surface area contributed by atoms with Gasteiger partial charge in [-0.15, -0.1) is 0 Å². The number of hydrogen-bond donors (Lipinski definition) is 1. The minimum absolute atomic E-state index is 0.186. The minimum Gasteiger partial charge on any atom is -0.300 e. The van der Waals surface area contributed by atoms with Crippen LogP contribution in [-0.2, 0) is 10.0 Å². The molecule has 0 saturated heterocycles. The summed E-state index contributed by atoms with van der Waals surface area (Å²) in [5.74, 6) is 0. The summed E-state index contributed by atoms with van der Waals surface area (Å²) in [5.41, 5.74) is 2.09. The maximum Gasteiger partial charge on any atom is 0.240 e. The first-order valence-electron chi connectivity index (χ1n) is 7.12. The van der Waals surface area contributed by atoms with Crippen molar-refractivity contribution in [2.24, 2.45) is 0 Å². The molecular weight excluding hydrogens is 272 g/mol. The molecule has 0 bridgehead atoms. The summed E-state index contributed by atoms with van der Waals surface area (Å²) < 4.78 is 27.2. The summed E-state index contributed by atoms with van der Waals surface area (Å²) in [6, 6.07) is 5.41. The van der Waals surface area contributed by atoms with Gasteiger partial charge in [-0.05, 0) is 57.1 Å². The molecule has 0 spiro atoms. The number of aryl methyl sites for hydroxylation is 2. The first kappa shape index (κ1) is 17.1.